The lowest BCUT2D eigenvalue weighted by Crippen LogP contribution is -2.26. The summed E-state index contributed by atoms with van der Waals surface area (Å²) in [7, 11) is 1.92. The van der Waals surface area contributed by atoms with Gasteiger partial charge in [-0.1, -0.05) is 24.2 Å². The Hall–Kier alpha value is -1.75. The summed E-state index contributed by atoms with van der Waals surface area (Å²) in [4.78, 5) is 4.35. The van der Waals surface area contributed by atoms with E-state index in [-0.39, 0.29) is 5.82 Å². The fraction of sp³-hybridized carbons (Fsp3) is 0.429. The molecule has 0 bridgehead atoms. The van der Waals surface area contributed by atoms with Gasteiger partial charge in [0.1, 0.15) is 5.82 Å². The van der Waals surface area contributed by atoms with Crippen molar-refractivity contribution >= 4 is 0 Å². The van der Waals surface area contributed by atoms with E-state index in [1.807, 2.05) is 7.05 Å². The Kier molecular flexibility index (Phi) is 4.63. The van der Waals surface area contributed by atoms with E-state index in [1.165, 1.54) is 12.1 Å². The molecule has 0 amide bonds. The van der Waals surface area contributed by atoms with Crippen LogP contribution >= 0.6 is 0 Å². The molecular weight excluding hydrogens is 245 g/mol. The van der Waals surface area contributed by atoms with Crippen molar-refractivity contribution in [3.63, 3.8) is 0 Å². The second-order valence-corrected chi connectivity index (χ2v) is 4.51. The third-order valence-electron chi connectivity index (χ3n) is 3.11. The van der Waals surface area contributed by atoms with Crippen LogP contribution in [0.3, 0.4) is 0 Å². The van der Waals surface area contributed by atoms with Gasteiger partial charge in [0, 0.05) is 18.9 Å². The van der Waals surface area contributed by atoms with Gasteiger partial charge >= 0.3 is 0 Å². The summed E-state index contributed by atoms with van der Waals surface area (Å²) in [5.74, 6) is 1.03. The second-order valence-electron chi connectivity index (χ2n) is 4.51. The van der Waals surface area contributed by atoms with Crippen LogP contribution in [0.1, 0.15) is 30.6 Å². The third kappa shape index (κ3) is 3.86. The molecule has 0 fully saturated rings. The van der Waals surface area contributed by atoms with E-state index in [9.17, 15) is 4.39 Å². The van der Waals surface area contributed by atoms with Crippen LogP contribution in [0.25, 0.3) is 0 Å². The number of nitrogens with one attached hydrogen (secondary N) is 1. The number of nitrogens with zero attached hydrogens (tertiary/aromatic N) is 2. The predicted molar refractivity (Wildman–Crippen MR) is 70.3 cm³/mol. The highest BCUT2D eigenvalue weighted by Gasteiger charge is 2.11. The van der Waals surface area contributed by atoms with Gasteiger partial charge in [-0.2, -0.15) is 4.98 Å². The average molecular weight is 263 g/mol. The molecule has 0 aliphatic heterocycles. The number of aromatic nitrogens is 2. The Morgan fingerprint density at radius 3 is 2.68 bits per heavy atom. The number of hydrogen-bond acceptors (Lipinski definition) is 4. The fourth-order valence-electron chi connectivity index (χ4n) is 1.89. The molecule has 1 unspecified atom stereocenters. The summed E-state index contributed by atoms with van der Waals surface area (Å²) >= 11 is 0. The van der Waals surface area contributed by atoms with Crippen LogP contribution in [0.5, 0.6) is 0 Å². The van der Waals surface area contributed by atoms with Crippen molar-refractivity contribution in [3.05, 3.63) is 47.4 Å². The third-order valence-corrected chi connectivity index (χ3v) is 3.11. The van der Waals surface area contributed by atoms with Gasteiger partial charge in [-0.25, -0.2) is 4.39 Å². The molecule has 0 saturated carbocycles. The Bertz CT molecular complexity index is 506. The van der Waals surface area contributed by atoms with E-state index in [0.717, 1.165) is 18.4 Å². The summed E-state index contributed by atoms with van der Waals surface area (Å²) < 4.78 is 18.0. The quantitative estimate of drug-likeness (QED) is 0.869. The van der Waals surface area contributed by atoms with Crippen LogP contribution in [0.4, 0.5) is 4.39 Å². The van der Waals surface area contributed by atoms with Crippen molar-refractivity contribution in [1.82, 2.24) is 15.5 Å². The Morgan fingerprint density at radius 1 is 1.32 bits per heavy atom. The molecule has 1 aromatic carbocycles. The van der Waals surface area contributed by atoms with Crippen molar-refractivity contribution in [2.75, 3.05) is 7.05 Å². The van der Waals surface area contributed by atoms with E-state index in [2.05, 4.69) is 22.4 Å². The maximum Gasteiger partial charge on any atom is 0.228 e. The van der Waals surface area contributed by atoms with Gasteiger partial charge in [-0.3, -0.25) is 0 Å². The lowest BCUT2D eigenvalue weighted by molar-refractivity contribution is 0.355. The van der Waals surface area contributed by atoms with Gasteiger partial charge < -0.3 is 9.84 Å². The van der Waals surface area contributed by atoms with E-state index >= 15 is 0 Å². The summed E-state index contributed by atoms with van der Waals surface area (Å²) in [6, 6.07) is 6.68. The van der Waals surface area contributed by atoms with Crippen LogP contribution < -0.4 is 5.32 Å². The lowest BCUT2D eigenvalue weighted by atomic mass is 10.1. The second kappa shape index (κ2) is 6.43. The van der Waals surface area contributed by atoms with Crippen molar-refractivity contribution < 1.29 is 8.91 Å². The molecule has 1 N–H and O–H groups in total. The summed E-state index contributed by atoms with van der Waals surface area (Å²) in [5, 5.41) is 7.14. The molecule has 1 aromatic heterocycles. The molecule has 4 nitrogen and oxygen atoms in total. The van der Waals surface area contributed by atoms with E-state index in [4.69, 9.17) is 4.52 Å². The lowest BCUT2D eigenvalue weighted by Gasteiger charge is -2.09. The number of likely N-dealkylation sites (N-methyl/N-ethyl adjacent to an activating group) is 1. The highest BCUT2D eigenvalue weighted by Crippen LogP contribution is 2.09. The largest absolute Gasteiger partial charge is 0.339 e. The zero-order chi connectivity index (χ0) is 13.7. The average Bonchev–Trinajstić information content (AvgIpc) is 2.86. The Balaban J connectivity index is 1.99. The molecule has 5 heteroatoms. The molecule has 1 atom stereocenters. The molecule has 1 heterocycles. The number of halogens is 1. The highest BCUT2D eigenvalue weighted by molar-refractivity contribution is 5.19. The first kappa shape index (κ1) is 13.7. The first-order valence-corrected chi connectivity index (χ1v) is 6.44. The minimum atomic E-state index is -0.239. The molecule has 0 spiro atoms. The van der Waals surface area contributed by atoms with Crippen LogP contribution in [0.15, 0.2) is 28.8 Å². The number of hydrogen-bond donors (Lipinski definition) is 1. The van der Waals surface area contributed by atoms with E-state index in [0.29, 0.717) is 24.2 Å². The molecule has 0 radical (unpaired) electrons. The normalized spacial score (nSPS) is 12.6. The maximum atomic E-state index is 12.8. The SMILES string of the molecule is CCC(Cc1nc(Cc2ccc(F)cc2)no1)NC. The van der Waals surface area contributed by atoms with Crippen LogP contribution in [-0.4, -0.2) is 23.2 Å². The molecule has 0 aliphatic carbocycles. The molecule has 2 aromatic rings. The van der Waals surface area contributed by atoms with Crippen molar-refractivity contribution in [2.45, 2.75) is 32.2 Å². The monoisotopic (exact) mass is 263 g/mol. The molecule has 19 heavy (non-hydrogen) atoms. The summed E-state index contributed by atoms with van der Waals surface area (Å²) in [6.07, 6.45) is 2.29. The van der Waals surface area contributed by atoms with Gasteiger partial charge in [0.25, 0.3) is 0 Å². The van der Waals surface area contributed by atoms with Gasteiger partial charge in [-0.05, 0) is 31.2 Å². The summed E-state index contributed by atoms with van der Waals surface area (Å²) in [6.45, 7) is 2.11. The minimum absolute atomic E-state index is 0.239. The Labute approximate surface area is 112 Å². The predicted octanol–water partition coefficient (Wildman–Crippen LogP) is 2.34. The van der Waals surface area contributed by atoms with Gasteiger partial charge in [0.2, 0.25) is 5.89 Å². The summed E-state index contributed by atoms with van der Waals surface area (Å²) in [5.41, 5.74) is 0.967. The molecule has 102 valence electrons. The standard InChI is InChI=1S/C14H18FN3O/c1-3-12(16-2)9-14-17-13(18-19-14)8-10-4-6-11(15)7-5-10/h4-7,12,16H,3,8-9H2,1-2H3. The Morgan fingerprint density at radius 2 is 2.05 bits per heavy atom. The van der Waals surface area contributed by atoms with Gasteiger partial charge in [-0.15, -0.1) is 0 Å². The van der Waals surface area contributed by atoms with Crippen LogP contribution in [0.2, 0.25) is 0 Å². The van der Waals surface area contributed by atoms with E-state index in [1.54, 1.807) is 12.1 Å². The number of benzene rings is 1. The smallest absolute Gasteiger partial charge is 0.228 e. The molecule has 0 saturated heterocycles. The molecule has 2 rings (SSSR count). The van der Waals surface area contributed by atoms with Crippen molar-refractivity contribution in [3.8, 4) is 0 Å². The van der Waals surface area contributed by atoms with Crippen molar-refractivity contribution in [2.24, 2.45) is 0 Å². The van der Waals surface area contributed by atoms with Crippen LogP contribution in [-0.2, 0) is 12.8 Å². The minimum Gasteiger partial charge on any atom is -0.339 e. The van der Waals surface area contributed by atoms with Crippen LogP contribution in [0, 0.1) is 5.82 Å². The molecular formula is C14H18FN3O. The number of rotatable bonds is 6. The first-order chi connectivity index (χ1) is 9.21. The highest BCUT2D eigenvalue weighted by atomic mass is 19.1. The topological polar surface area (TPSA) is 51.0 Å². The van der Waals surface area contributed by atoms with Gasteiger partial charge in [0.15, 0.2) is 5.82 Å². The molecule has 0 aliphatic rings. The maximum absolute atomic E-state index is 12.8. The van der Waals surface area contributed by atoms with Crippen molar-refractivity contribution in [1.29, 1.82) is 0 Å². The zero-order valence-electron chi connectivity index (χ0n) is 11.2. The zero-order valence-corrected chi connectivity index (χ0v) is 11.2. The van der Waals surface area contributed by atoms with Gasteiger partial charge in [0.05, 0.1) is 0 Å². The fourth-order valence-corrected chi connectivity index (χ4v) is 1.89. The first-order valence-electron chi connectivity index (χ1n) is 6.44. The van der Waals surface area contributed by atoms with E-state index < -0.39 is 0 Å².